The van der Waals surface area contributed by atoms with Crippen LogP contribution in [-0.4, -0.2) is 5.91 Å². The number of anilines is 1. The summed E-state index contributed by atoms with van der Waals surface area (Å²) in [6, 6.07) is 8.00. The van der Waals surface area contributed by atoms with Gasteiger partial charge in [0.2, 0.25) is 0 Å². The highest BCUT2D eigenvalue weighted by Crippen LogP contribution is 2.40. The molecule has 2 rings (SSSR count). The Kier molecular flexibility index (Phi) is 5.32. The van der Waals surface area contributed by atoms with Crippen LogP contribution in [0.15, 0.2) is 47.6 Å². The lowest BCUT2D eigenvalue weighted by Crippen LogP contribution is -2.20. The van der Waals surface area contributed by atoms with Crippen LogP contribution in [0.3, 0.4) is 0 Å². The topological polar surface area (TPSA) is 29.1 Å². The average Bonchev–Trinajstić information content (AvgIpc) is 2.52. The third kappa shape index (κ3) is 2.84. The summed E-state index contributed by atoms with van der Waals surface area (Å²) in [5, 5.41) is 2.99. The minimum Gasteiger partial charge on any atom is -0.322 e. The first kappa shape index (κ1) is 16.2. The molecule has 2 nitrogen and oxygen atoms in total. The van der Waals surface area contributed by atoms with Crippen LogP contribution in [0.4, 0.5) is 5.69 Å². The van der Waals surface area contributed by atoms with Gasteiger partial charge >= 0.3 is 0 Å². The number of fused-ring (bicyclic) bond motifs is 1. The molecule has 1 aromatic rings. The van der Waals surface area contributed by atoms with Crippen molar-refractivity contribution >= 4 is 11.6 Å². The molecule has 0 aliphatic carbocycles. The number of benzene rings is 1. The van der Waals surface area contributed by atoms with Crippen molar-refractivity contribution in [3.63, 3.8) is 0 Å². The fourth-order valence-corrected chi connectivity index (χ4v) is 2.59. The van der Waals surface area contributed by atoms with E-state index >= 15 is 0 Å². The number of allylic oxidation sites excluding steroid dienone is 3. The molecule has 0 aromatic heterocycles. The first-order valence-corrected chi connectivity index (χ1v) is 7.23. The number of carbonyl (C=O) groups excluding carboxylic acids is 1. The Balaban J connectivity index is 0.000000956. The molecule has 1 aliphatic heterocycles. The van der Waals surface area contributed by atoms with Crippen LogP contribution < -0.4 is 5.32 Å². The van der Waals surface area contributed by atoms with Gasteiger partial charge in [-0.2, -0.15) is 0 Å². The van der Waals surface area contributed by atoms with Crippen molar-refractivity contribution in [3.05, 3.63) is 53.1 Å². The van der Waals surface area contributed by atoms with Gasteiger partial charge in [-0.05, 0) is 31.1 Å². The summed E-state index contributed by atoms with van der Waals surface area (Å²) in [4.78, 5) is 12.1. The van der Waals surface area contributed by atoms with Gasteiger partial charge in [0.1, 0.15) is 0 Å². The highest BCUT2D eigenvalue weighted by Gasteiger charge is 2.32. The Labute approximate surface area is 122 Å². The maximum absolute atomic E-state index is 12.1. The first-order valence-electron chi connectivity index (χ1n) is 7.23. The Hall–Kier alpha value is -1.83. The van der Waals surface area contributed by atoms with Gasteiger partial charge in [-0.25, -0.2) is 0 Å². The van der Waals surface area contributed by atoms with E-state index in [4.69, 9.17) is 0 Å². The maximum Gasteiger partial charge on any atom is 0.251 e. The third-order valence-electron chi connectivity index (χ3n) is 3.60. The highest BCUT2D eigenvalue weighted by molar-refractivity contribution is 6.06. The van der Waals surface area contributed by atoms with Crippen molar-refractivity contribution in [2.24, 2.45) is 0 Å². The fraction of sp³-hybridized carbons (Fsp3) is 0.389. The largest absolute Gasteiger partial charge is 0.322 e. The monoisotopic (exact) mass is 271 g/mol. The molecule has 1 amide bonds. The standard InChI is InChI=1S/C16H19NO.C2H6/c1-5-8-12-11(2)15(18)17-14-10-7-6-9-13(14)16(12,3)4;1-2/h5-10H,1-4H3,(H,17,18);1-2H3/b8-5-;. The maximum atomic E-state index is 12.1. The summed E-state index contributed by atoms with van der Waals surface area (Å²) >= 11 is 0. The second-order valence-electron chi connectivity index (χ2n) is 5.16. The molecule has 2 heteroatoms. The molecule has 1 aromatic carbocycles. The van der Waals surface area contributed by atoms with Gasteiger partial charge in [-0.15, -0.1) is 0 Å². The summed E-state index contributed by atoms with van der Waals surface area (Å²) in [5.41, 5.74) is 3.75. The smallest absolute Gasteiger partial charge is 0.251 e. The van der Waals surface area contributed by atoms with E-state index in [1.54, 1.807) is 0 Å². The van der Waals surface area contributed by atoms with Crippen molar-refractivity contribution in [3.8, 4) is 0 Å². The molecule has 1 N–H and O–H groups in total. The molecule has 0 radical (unpaired) electrons. The van der Waals surface area contributed by atoms with Gasteiger partial charge in [-0.1, -0.05) is 58.0 Å². The summed E-state index contributed by atoms with van der Waals surface area (Å²) in [6.45, 7) is 12.2. The van der Waals surface area contributed by atoms with Crippen LogP contribution in [-0.2, 0) is 10.2 Å². The molecule has 0 fully saturated rings. The number of nitrogens with one attached hydrogen (secondary N) is 1. The zero-order chi connectivity index (χ0) is 15.3. The minimum atomic E-state index is -0.174. The molecular formula is C18H25NO. The molecule has 108 valence electrons. The van der Waals surface area contributed by atoms with E-state index in [0.29, 0.717) is 0 Å². The van der Waals surface area contributed by atoms with E-state index in [9.17, 15) is 4.79 Å². The molecule has 20 heavy (non-hydrogen) atoms. The number of hydrogen-bond donors (Lipinski definition) is 1. The lowest BCUT2D eigenvalue weighted by molar-refractivity contribution is -0.112. The van der Waals surface area contributed by atoms with E-state index in [0.717, 1.165) is 22.4 Å². The molecule has 1 aliphatic rings. The van der Waals surface area contributed by atoms with Gasteiger partial charge in [-0.3, -0.25) is 4.79 Å². The lowest BCUT2D eigenvalue weighted by atomic mass is 9.75. The predicted octanol–water partition coefficient (Wildman–Crippen LogP) is 4.84. The van der Waals surface area contributed by atoms with Gasteiger partial charge in [0, 0.05) is 16.7 Å². The van der Waals surface area contributed by atoms with Crippen LogP contribution in [0.2, 0.25) is 0 Å². The summed E-state index contributed by atoms with van der Waals surface area (Å²) in [5.74, 6) is -0.0128. The second-order valence-corrected chi connectivity index (χ2v) is 5.16. The molecule has 0 bridgehead atoms. The van der Waals surface area contributed by atoms with Crippen molar-refractivity contribution < 1.29 is 4.79 Å². The van der Waals surface area contributed by atoms with E-state index in [2.05, 4.69) is 25.2 Å². The Morgan fingerprint density at radius 1 is 1.15 bits per heavy atom. The zero-order valence-corrected chi connectivity index (χ0v) is 13.4. The third-order valence-corrected chi connectivity index (χ3v) is 3.60. The number of carbonyl (C=O) groups is 1. The number of rotatable bonds is 1. The van der Waals surface area contributed by atoms with E-state index in [1.165, 1.54) is 0 Å². The number of amides is 1. The minimum absolute atomic E-state index is 0.0128. The van der Waals surface area contributed by atoms with E-state index in [-0.39, 0.29) is 11.3 Å². The average molecular weight is 271 g/mol. The Morgan fingerprint density at radius 2 is 1.75 bits per heavy atom. The fourth-order valence-electron chi connectivity index (χ4n) is 2.59. The molecule has 0 unspecified atom stereocenters. The normalized spacial score (nSPS) is 17.0. The van der Waals surface area contributed by atoms with Gasteiger partial charge in [0.05, 0.1) is 0 Å². The Bertz CT molecular complexity index is 550. The first-order chi connectivity index (χ1) is 9.48. The van der Waals surface area contributed by atoms with E-state index < -0.39 is 0 Å². The molecule has 1 heterocycles. The summed E-state index contributed by atoms with van der Waals surface area (Å²) in [7, 11) is 0. The molecule has 0 atom stereocenters. The van der Waals surface area contributed by atoms with Crippen LogP contribution in [0.5, 0.6) is 0 Å². The van der Waals surface area contributed by atoms with Crippen LogP contribution >= 0.6 is 0 Å². The second kappa shape index (κ2) is 6.56. The highest BCUT2D eigenvalue weighted by atomic mass is 16.1. The van der Waals surface area contributed by atoms with Crippen molar-refractivity contribution in [1.29, 1.82) is 0 Å². The van der Waals surface area contributed by atoms with Gasteiger partial charge < -0.3 is 5.32 Å². The molecule has 0 spiro atoms. The molecule has 0 saturated heterocycles. The van der Waals surface area contributed by atoms with Gasteiger partial charge in [0.25, 0.3) is 5.91 Å². The van der Waals surface area contributed by atoms with Crippen LogP contribution in [0.1, 0.15) is 47.1 Å². The molecular weight excluding hydrogens is 246 g/mol. The summed E-state index contributed by atoms with van der Waals surface area (Å²) in [6.07, 6.45) is 4.03. The van der Waals surface area contributed by atoms with E-state index in [1.807, 2.05) is 58.0 Å². The van der Waals surface area contributed by atoms with Gasteiger partial charge in [0.15, 0.2) is 0 Å². The Morgan fingerprint density at radius 3 is 2.35 bits per heavy atom. The number of hydrogen-bond acceptors (Lipinski definition) is 1. The van der Waals surface area contributed by atoms with Crippen LogP contribution in [0.25, 0.3) is 0 Å². The SMILES string of the molecule is C/C=C\C1=C(C)C(=O)Nc2ccccc2C1(C)C.CC. The quantitative estimate of drug-likeness (QED) is 0.778. The lowest BCUT2D eigenvalue weighted by Gasteiger charge is -2.27. The predicted molar refractivity (Wildman–Crippen MR) is 87.0 cm³/mol. The number of para-hydroxylation sites is 1. The molecule has 0 saturated carbocycles. The van der Waals surface area contributed by atoms with Crippen LogP contribution in [0, 0.1) is 0 Å². The zero-order valence-electron chi connectivity index (χ0n) is 13.4. The van der Waals surface area contributed by atoms with Crippen molar-refractivity contribution in [2.45, 2.75) is 47.0 Å². The van der Waals surface area contributed by atoms with Crippen molar-refractivity contribution in [1.82, 2.24) is 0 Å². The van der Waals surface area contributed by atoms with Crippen molar-refractivity contribution in [2.75, 3.05) is 5.32 Å². The summed E-state index contributed by atoms with van der Waals surface area (Å²) < 4.78 is 0.